The van der Waals surface area contributed by atoms with Gasteiger partial charge in [0.05, 0.1) is 6.10 Å². The average molecular weight is 250 g/mol. The Balaban J connectivity index is 2.18. The number of hydrogen-bond acceptors (Lipinski definition) is 3. The maximum absolute atomic E-state index is 5.54. The maximum Gasteiger partial charge on any atom is 0.0574 e. The topological polar surface area (TPSA) is 33.6 Å². The van der Waals surface area contributed by atoms with Gasteiger partial charge in [-0.05, 0) is 50.5 Å². The van der Waals surface area contributed by atoms with Crippen LogP contribution >= 0.6 is 0 Å². The zero-order chi connectivity index (χ0) is 13.1. The van der Waals surface area contributed by atoms with E-state index in [2.05, 4.69) is 31.3 Å². The zero-order valence-electron chi connectivity index (χ0n) is 12.1. The quantitative estimate of drug-likeness (QED) is 0.814. The molecular formula is C15H26N2O. The zero-order valence-corrected chi connectivity index (χ0v) is 12.1. The summed E-state index contributed by atoms with van der Waals surface area (Å²) in [5, 5.41) is 4.58. The summed E-state index contributed by atoms with van der Waals surface area (Å²) >= 11 is 0. The van der Waals surface area contributed by atoms with Crippen LogP contribution in [0, 0.1) is 11.8 Å². The molecule has 18 heavy (non-hydrogen) atoms. The van der Waals surface area contributed by atoms with Crippen LogP contribution in [0.15, 0.2) is 16.4 Å². The third-order valence-corrected chi connectivity index (χ3v) is 4.29. The van der Waals surface area contributed by atoms with Gasteiger partial charge in [-0.1, -0.05) is 13.8 Å². The van der Waals surface area contributed by atoms with Crippen molar-refractivity contribution < 1.29 is 4.74 Å². The maximum atomic E-state index is 5.54. The minimum absolute atomic E-state index is 0.438. The molecule has 3 nitrogen and oxygen atoms in total. The lowest BCUT2D eigenvalue weighted by Crippen LogP contribution is -2.32. The molecule has 0 radical (unpaired) electrons. The van der Waals surface area contributed by atoms with E-state index in [1.54, 1.807) is 5.57 Å². The number of methoxy groups -OCH3 is 1. The third-order valence-electron chi connectivity index (χ3n) is 4.29. The van der Waals surface area contributed by atoms with E-state index in [1.807, 2.05) is 7.11 Å². The van der Waals surface area contributed by atoms with Crippen LogP contribution in [-0.2, 0) is 4.74 Å². The lowest BCUT2D eigenvalue weighted by Gasteiger charge is -2.33. The van der Waals surface area contributed by atoms with Crippen LogP contribution in [-0.4, -0.2) is 18.9 Å². The molecule has 0 aromatic heterocycles. The highest BCUT2D eigenvalue weighted by atomic mass is 16.5. The summed E-state index contributed by atoms with van der Waals surface area (Å²) in [4.78, 5) is 0. The Kier molecular flexibility index (Phi) is 4.44. The lowest BCUT2D eigenvalue weighted by atomic mass is 9.78. The summed E-state index contributed by atoms with van der Waals surface area (Å²) in [6.07, 6.45) is 6.39. The van der Waals surface area contributed by atoms with Crippen molar-refractivity contribution in [2.24, 2.45) is 16.9 Å². The Hall–Kier alpha value is -0.830. The smallest absolute Gasteiger partial charge is 0.0574 e. The van der Waals surface area contributed by atoms with Crippen LogP contribution < -0.4 is 5.43 Å². The minimum atomic E-state index is 0.438. The fraction of sp³-hybridized carbons (Fsp3) is 0.800. The van der Waals surface area contributed by atoms with Gasteiger partial charge in [0.15, 0.2) is 0 Å². The molecule has 3 heteroatoms. The van der Waals surface area contributed by atoms with Gasteiger partial charge in [0.2, 0.25) is 0 Å². The molecular weight excluding hydrogens is 224 g/mol. The molecule has 0 saturated heterocycles. The molecule has 2 unspecified atom stereocenters. The molecule has 1 saturated carbocycles. The van der Waals surface area contributed by atoms with Gasteiger partial charge in [-0.15, -0.1) is 0 Å². The predicted octanol–water partition coefficient (Wildman–Crippen LogP) is 3.47. The first-order valence-corrected chi connectivity index (χ1v) is 7.19. The second-order valence-electron chi connectivity index (χ2n) is 5.83. The van der Waals surface area contributed by atoms with Crippen LogP contribution in [0.25, 0.3) is 0 Å². The molecule has 1 aliphatic heterocycles. The van der Waals surface area contributed by atoms with E-state index >= 15 is 0 Å². The highest BCUT2D eigenvalue weighted by molar-refractivity contribution is 5.91. The van der Waals surface area contributed by atoms with Gasteiger partial charge >= 0.3 is 0 Å². The van der Waals surface area contributed by atoms with E-state index in [0.29, 0.717) is 17.9 Å². The fourth-order valence-corrected chi connectivity index (χ4v) is 3.20. The number of ether oxygens (including phenoxy) is 1. The SMILES string of the molecule is COC1CCCC2C(C(C)C)=NNC(C)=C2CC1. The number of nitrogens with zero attached hydrogens (tertiary/aromatic N) is 1. The molecule has 1 fully saturated rings. The van der Waals surface area contributed by atoms with Crippen LogP contribution in [0.2, 0.25) is 0 Å². The standard InChI is InChI=1S/C15H26N2O/c1-10(2)15-14-7-5-6-12(18-4)8-9-13(14)11(3)16-17-15/h10,12,14,16H,5-9H2,1-4H3. The van der Waals surface area contributed by atoms with Crippen molar-refractivity contribution in [1.82, 2.24) is 5.43 Å². The summed E-state index contributed by atoms with van der Waals surface area (Å²) in [5.74, 6) is 1.10. The molecule has 1 aliphatic carbocycles. The van der Waals surface area contributed by atoms with Crippen molar-refractivity contribution in [1.29, 1.82) is 0 Å². The molecule has 0 bridgehead atoms. The Labute approximate surface area is 111 Å². The summed E-state index contributed by atoms with van der Waals surface area (Å²) < 4.78 is 5.54. The van der Waals surface area contributed by atoms with E-state index in [-0.39, 0.29) is 0 Å². The fourth-order valence-electron chi connectivity index (χ4n) is 3.20. The van der Waals surface area contributed by atoms with Gasteiger partial charge in [-0.25, -0.2) is 0 Å². The van der Waals surface area contributed by atoms with E-state index in [4.69, 9.17) is 4.74 Å². The van der Waals surface area contributed by atoms with Crippen molar-refractivity contribution in [3.8, 4) is 0 Å². The number of fused-ring (bicyclic) bond motifs is 1. The summed E-state index contributed by atoms with van der Waals surface area (Å²) in [7, 11) is 1.84. The number of hydrazone groups is 1. The largest absolute Gasteiger partial charge is 0.381 e. The van der Waals surface area contributed by atoms with Crippen molar-refractivity contribution in [2.75, 3.05) is 7.11 Å². The summed E-state index contributed by atoms with van der Waals surface area (Å²) in [5.41, 5.74) is 7.39. The monoisotopic (exact) mass is 250 g/mol. The van der Waals surface area contributed by atoms with Gasteiger partial charge in [-0.2, -0.15) is 5.10 Å². The van der Waals surface area contributed by atoms with Crippen LogP contribution in [0.3, 0.4) is 0 Å². The molecule has 0 amide bonds. The Morgan fingerprint density at radius 1 is 1.28 bits per heavy atom. The molecule has 1 N–H and O–H groups in total. The van der Waals surface area contributed by atoms with Gasteiger partial charge in [0.25, 0.3) is 0 Å². The van der Waals surface area contributed by atoms with Gasteiger partial charge < -0.3 is 4.74 Å². The molecule has 0 aromatic carbocycles. The average Bonchev–Trinajstić information content (AvgIpc) is 2.30. The van der Waals surface area contributed by atoms with Crippen LogP contribution in [0.4, 0.5) is 0 Å². The number of rotatable bonds is 2. The first-order chi connectivity index (χ1) is 8.63. The molecule has 2 aliphatic rings. The molecule has 1 heterocycles. The summed E-state index contributed by atoms with van der Waals surface area (Å²) in [6, 6.07) is 0. The Morgan fingerprint density at radius 2 is 2.06 bits per heavy atom. The van der Waals surface area contributed by atoms with E-state index in [9.17, 15) is 0 Å². The third kappa shape index (κ3) is 2.77. The van der Waals surface area contributed by atoms with Crippen molar-refractivity contribution in [3.05, 3.63) is 11.3 Å². The van der Waals surface area contributed by atoms with Crippen molar-refractivity contribution >= 4 is 5.71 Å². The first-order valence-electron chi connectivity index (χ1n) is 7.19. The molecule has 0 aromatic rings. The highest BCUT2D eigenvalue weighted by Crippen LogP contribution is 2.34. The molecule has 0 spiro atoms. The normalized spacial score (nSPS) is 29.3. The number of hydrogen-bond donors (Lipinski definition) is 1. The first kappa shape index (κ1) is 13.6. The second-order valence-corrected chi connectivity index (χ2v) is 5.83. The van der Waals surface area contributed by atoms with Gasteiger partial charge in [-0.3, -0.25) is 5.43 Å². The van der Waals surface area contributed by atoms with Gasteiger partial charge in [0, 0.05) is 24.4 Å². The highest BCUT2D eigenvalue weighted by Gasteiger charge is 2.29. The molecule has 2 atom stereocenters. The molecule has 102 valence electrons. The number of nitrogens with one attached hydrogen (secondary N) is 1. The van der Waals surface area contributed by atoms with E-state index < -0.39 is 0 Å². The Morgan fingerprint density at radius 3 is 2.72 bits per heavy atom. The molecule has 2 rings (SSSR count). The lowest BCUT2D eigenvalue weighted by molar-refractivity contribution is 0.0821. The van der Waals surface area contributed by atoms with E-state index in [1.165, 1.54) is 30.7 Å². The van der Waals surface area contributed by atoms with Crippen molar-refractivity contribution in [3.63, 3.8) is 0 Å². The van der Waals surface area contributed by atoms with Crippen LogP contribution in [0.5, 0.6) is 0 Å². The van der Waals surface area contributed by atoms with Gasteiger partial charge in [0.1, 0.15) is 0 Å². The minimum Gasteiger partial charge on any atom is -0.381 e. The predicted molar refractivity (Wildman–Crippen MR) is 75.5 cm³/mol. The number of allylic oxidation sites excluding steroid dienone is 2. The van der Waals surface area contributed by atoms with E-state index in [0.717, 1.165) is 12.8 Å². The second kappa shape index (κ2) is 5.87. The summed E-state index contributed by atoms with van der Waals surface area (Å²) in [6.45, 7) is 6.65. The van der Waals surface area contributed by atoms with Crippen molar-refractivity contribution in [2.45, 2.75) is 59.0 Å². The Bertz CT molecular complexity index is 358. The van der Waals surface area contributed by atoms with Crippen LogP contribution in [0.1, 0.15) is 52.9 Å².